The van der Waals surface area contributed by atoms with Gasteiger partial charge in [-0.1, -0.05) is 0 Å². The molecule has 15 nitrogen and oxygen atoms in total. The standard InChI is InChI=1S/C10H15N5O10P2.Na/c11-8-5-9(13-2-12-8)15(3-14-5)10-6(16)7(25-27(20,21)22)4(24-10)1-23-26(17,18)19;/h2-4,6-7,10,16H,1H2,(H2,11,12,13)(H2,17,18,19)(H2,20,21,22);. The maximum Gasteiger partial charge on any atom is 0.470 e. The van der Waals surface area contributed by atoms with E-state index in [1.54, 1.807) is 0 Å². The van der Waals surface area contributed by atoms with Gasteiger partial charge in [0.15, 0.2) is 17.7 Å². The zero-order valence-corrected chi connectivity index (χ0v) is 18.0. The Hall–Kier alpha value is -0.510. The van der Waals surface area contributed by atoms with Gasteiger partial charge in [-0.15, -0.1) is 0 Å². The fraction of sp³-hybridized carbons (Fsp3) is 0.500. The second kappa shape index (κ2) is 8.70. The van der Waals surface area contributed by atoms with Crippen LogP contribution in [0, 0.1) is 0 Å². The zero-order chi connectivity index (χ0) is 20.0. The number of imidazole rings is 1. The monoisotopic (exact) mass is 450 g/mol. The van der Waals surface area contributed by atoms with Crippen LogP contribution in [0.4, 0.5) is 5.82 Å². The Balaban J connectivity index is 0.00000280. The zero-order valence-electron chi connectivity index (χ0n) is 14.2. The summed E-state index contributed by atoms with van der Waals surface area (Å²) in [5.41, 5.74) is 6.01. The number of aliphatic hydroxyl groups excluding tert-OH is 1. The van der Waals surface area contributed by atoms with Gasteiger partial charge in [0, 0.05) is 29.6 Å². The Labute approximate surface area is 178 Å². The maximum absolute atomic E-state index is 11.2. The molecular formula is C10H15N5NaO10P2. The van der Waals surface area contributed by atoms with Crippen molar-refractivity contribution in [2.75, 3.05) is 12.3 Å². The van der Waals surface area contributed by atoms with E-state index in [0.29, 0.717) is 0 Å². The molecule has 28 heavy (non-hydrogen) atoms. The smallest absolute Gasteiger partial charge is 0.386 e. The van der Waals surface area contributed by atoms with Crippen LogP contribution in [-0.4, -0.2) is 98.7 Å². The first-order valence-corrected chi connectivity index (χ1v) is 10.2. The fourth-order valence-corrected chi connectivity index (χ4v) is 3.52. The molecule has 0 spiro atoms. The number of rotatable bonds is 6. The molecule has 7 N–H and O–H groups in total. The molecule has 2 aromatic heterocycles. The summed E-state index contributed by atoms with van der Waals surface area (Å²) < 4.78 is 37.6. The fourth-order valence-electron chi connectivity index (χ4n) is 2.60. The maximum atomic E-state index is 11.2. The van der Waals surface area contributed by atoms with Crippen molar-refractivity contribution in [2.24, 2.45) is 0 Å². The van der Waals surface area contributed by atoms with Crippen LogP contribution in [0.3, 0.4) is 0 Å². The topological polar surface area (TPSA) is 233 Å². The number of nitrogens with zero attached hydrogens (tertiary/aromatic N) is 4. The summed E-state index contributed by atoms with van der Waals surface area (Å²) in [4.78, 5) is 47.4. The minimum absolute atomic E-state index is 0. The third-order valence-corrected chi connectivity index (χ3v) is 4.64. The van der Waals surface area contributed by atoms with E-state index in [2.05, 4.69) is 24.0 Å². The molecule has 18 heteroatoms. The Bertz CT molecular complexity index is 932. The van der Waals surface area contributed by atoms with Gasteiger partial charge in [0.2, 0.25) is 0 Å². The van der Waals surface area contributed by atoms with Crippen LogP contribution >= 0.6 is 15.6 Å². The van der Waals surface area contributed by atoms with Crippen LogP contribution in [0.5, 0.6) is 0 Å². The number of aliphatic hydroxyl groups is 1. The summed E-state index contributed by atoms with van der Waals surface area (Å²) in [6.45, 7) is -0.813. The Morgan fingerprint density at radius 2 is 1.86 bits per heavy atom. The summed E-state index contributed by atoms with van der Waals surface area (Å²) >= 11 is 0. The summed E-state index contributed by atoms with van der Waals surface area (Å²) in [5.74, 6) is 0.0515. The van der Waals surface area contributed by atoms with Crippen LogP contribution in [-0.2, 0) is 22.9 Å². The number of nitrogens with two attached hydrogens (primary N) is 1. The quantitative estimate of drug-likeness (QED) is 0.204. The molecule has 4 atom stereocenters. The minimum Gasteiger partial charge on any atom is -0.386 e. The van der Waals surface area contributed by atoms with Crippen molar-refractivity contribution in [3.63, 3.8) is 0 Å². The molecule has 1 radical (unpaired) electrons. The van der Waals surface area contributed by atoms with Gasteiger partial charge in [-0.25, -0.2) is 24.1 Å². The molecule has 151 valence electrons. The van der Waals surface area contributed by atoms with Crippen LogP contribution in [0.25, 0.3) is 11.2 Å². The van der Waals surface area contributed by atoms with Gasteiger partial charge in [-0.05, 0) is 0 Å². The molecule has 3 heterocycles. The molecule has 3 rings (SSSR count). The van der Waals surface area contributed by atoms with Crippen molar-refractivity contribution in [2.45, 2.75) is 24.5 Å². The van der Waals surface area contributed by atoms with E-state index in [4.69, 9.17) is 30.0 Å². The van der Waals surface area contributed by atoms with Gasteiger partial charge in [0.1, 0.15) is 30.2 Å². The van der Waals surface area contributed by atoms with Gasteiger partial charge in [0.05, 0.1) is 12.9 Å². The van der Waals surface area contributed by atoms with Crippen LogP contribution in [0.2, 0.25) is 0 Å². The molecule has 4 unspecified atom stereocenters. The summed E-state index contributed by atoms with van der Waals surface area (Å²) in [6.07, 6.45) is -3.75. The predicted molar refractivity (Wildman–Crippen MR) is 90.3 cm³/mol. The van der Waals surface area contributed by atoms with Crippen LogP contribution in [0.15, 0.2) is 12.7 Å². The number of ether oxygens (including phenoxy) is 1. The van der Waals surface area contributed by atoms with E-state index < -0.39 is 46.8 Å². The Kier molecular flexibility index (Phi) is 7.38. The summed E-state index contributed by atoms with van der Waals surface area (Å²) in [5, 5.41) is 10.4. The summed E-state index contributed by atoms with van der Waals surface area (Å²) in [6, 6.07) is 0. The van der Waals surface area contributed by atoms with E-state index in [9.17, 15) is 14.2 Å². The molecule has 1 saturated heterocycles. The molecule has 1 aliphatic heterocycles. The van der Waals surface area contributed by atoms with Crippen molar-refractivity contribution < 1.29 is 47.6 Å². The largest absolute Gasteiger partial charge is 0.470 e. The minimum atomic E-state index is -5.07. The van der Waals surface area contributed by atoms with Gasteiger partial charge < -0.3 is 35.2 Å². The van der Waals surface area contributed by atoms with E-state index in [1.165, 1.54) is 10.9 Å². The number of fused-ring (bicyclic) bond motifs is 1. The number of phosphoric acid groups is 2. The molecule has 1 fully saturated rings. The summed E-state index contributed by atoms with van der Waals surface area (Å²) in [7, 11) is -9.98. The number of aromatic nitrogens is 4. The number of nitrogen functional groups attached to an aromatic ring is 1. The third-order valence-electron chi connectivity index (χ3n) is 3.64. The predicted octanol–water partition coefficient (Wildman–Crippen LogP) is -2.13. The van der Waals surface area contributed by atoms with Crippen molar-refractivity contribution >= 4 is 62.2 Å². The second-order valence-electron chi connectivity index (χ2n) is 5.49. The Morgan fingerprint density at radius 1 is 1.18 bits per heavy atom. The molecule has 0 saturated carbocycles. The van der Waals surface area contributed by atoms with Gasteiger partial charge in [0.25, 0.3) is 0 Å². The third kappa shape index (κ3) is 5.34. The normalized spacial score (nSPS) is 25.8. The van der Waals surface area contributed by atoms with Crippen molar-refractivity contribution in [1.82, 2.24) is 19.5 Å². The first-order valence-electron chi connectivity index (χ1n) is 7.17. The van der Waals surface area contributed by atoms with Gasteiger partial charge >= 0.3 is 15.6 Å². The number of anilines is 1. The first kappa shape index (κ1) is 23.8. The number of hydrogen-bond donors (Lipinski definition) is 6. The Morgan fingerprint density at radius 3 is 2.46 bits per heavy atom. The van der Waals surface area contributed by atoms with Crippen molar-refractivity contribution in [3.8, 4) is 0 Å². The SMILES string of the molecule is Nc1ncnc2c1ncn2C1OC(COP(=O)(O)O)C(OP(=O)(O)O)C1O.[Na]. The van der Waals surface area contributed by atoms with E-state index in [-0.39, 0.29) is 46.5 Å². The van der Waals surface area contributed by atoms with E-state index >= 15 is 0 Å². The van der Waals surface area contributed by atoms with Crippen molar-refractivity contribution in [3.05, 3.63) is 12.7 Å². The molecule has 0 aromatic carbocycles. The van der Waals surface area contributed by atoms with Gasteiger partial charge in [-0.3, -0.25) is 13.6 Å². The van der Waals surface area contributed by atoms with E-state index in [1.807, 2.05) is 0 Å². The molecule has 0 bridgehead atoms. The number of hydrogen-bond acceptors (Lipinski definition) is 10. The second-order valence-corrected chi connectivity index (χ2v) is 7.92. The number of phosphoric ester groups is 2. The average Bonchev–Trinajstić information content (AvgIpc) is 3.07. The molecule has 0 amide bonds. The first-order chi connectivity index (χ1) is 12.5. The van der Waals surface area contributed by atoms with E-state index in [0.717, 1.165) is 6.33 Å². The average molecular weight is 450 g/mol. The molecular weight excluding hydrogens is 435 g/mol. The van der Waals surface area contributed by atoms with Gasteiger partial charge in [-0.2, -0.15) is 0 Å². The molecule has 0 aliphatic carbocycles. The molecule has 2 aromatic rings. The van der Waals surface area contributed by atoms with Crippen LogP contribution < -0.4 is 5.73 Å². The van der Waals surface area contributed by atoms with Crippen molar-refractivity contribution in [1.29, 1.82) is 0 Å². The molecule has 1 aliphatic rings. The van der Waals surface area contributed by atoms with Crippen LogP contribution in [0.1, 0.15) is 6.23 Å².